The van der Waals surface area contributed by atoms with Gasteiger partial charge in [-0.2, -0.15) is 0 Å². The first kappa shape index (κ1) is 26.3. The first-order valence-corrected chi connectivity index (χ1v) is 12.7. The van der Waals surface area contributed by atoms with Crippen molar-refractivity contribution in [1.82, 2.24) is 4.90 Å². The van der Waals surface area contributed by atoms with Gasteiger partial charge >= 0.3 is 0 Å². The highest BCUT2D eigenvalue weighted by Crippen LogP contribution is 2.43. The molecule has 1 aliphatic rings. The Bertz CT molecular complexity index is 1040. The van der Waals surface area contributed by atoms with Gasteiger partial charge in [0.05, 0.1) is 24.3 Å². The number of carbonyl (C=O) groups is 2. The molecule has 0 saturated carbocycles. The minimum Gasteiger partial charge on any atom is -0.507 e. The van der Waals surface area contributed by atoms with Crippen molar-refractivity contribution in [2.45, 2.75) is 71.9 Å². The number of unbranched alkanes of at least 4 members (excludes halogenated alkanes) is 3. The number of rotatable bonds is 12. The van der Waals surface area contributed by atoms with Crippen LogP contribution in [0.25, 0.3) is 5.76 Å². The molecule has 1 fully saturated rings. The van der Waals surface area contributed by atoms with Crippen molar-refractivity contribution in [3.05, 3.63) is 65.2 Å². The smallest absolute Gasteiger partial charge is 0.295 e. The normalized spacial score (nSPS) is 17.3. The summed E-state index contributed by atoms with van der Waals surface area (Å²) < 4.78 is 11.8. The van der Waals surface area contributed by atoms with Gasteiger partial charge in [-0.1, -0.05) is 51.3 Å². The number of aliphatic hydroxyl groups is 1. The Kier molecular flexibility index (Phi) is 9.35. The lowest BCUT2D eigenvalue weighted by atomic mass is 9.94. The van der Waals surface area contributed by atoms with Gasteiger partial charge in [0, 0.05) is 17.7 Å². The molecular formula is C29H37NO5. The van der Waals surface area contributed by atoms with Crippen LogP contribution in [0.4, 0.5) is 0 Å². The van der Waals surface area contributed by atoms with Crippen molar-refractivity contribution >= 4 is 17.4 Å². The van der Waals surface area contributed by atoms with Gasteiger partial charge in [0.15, 0.2) is 0 Å². The van der Waals surface area contributed by atoms with Crippen LogP contribution in [0.5, 0.6) is 11.5 Å². The van der Waals surface area contributed by atoms with E-state index < -0.39 is 17.7 Å². The molecule has 6 nitrogen and oxygen atoms in total. The molecule has 1 heterocycles. The molecule has 2 aromatic rings. The van der Waals surface area contributed by atoms with Gasteiger partial charge in [0.1, 0.15) is 17.3 Å². The van der Waals surface area contributed by atoms with Crippen LogP contribution < -0.4 is 9.47 Å². The summed E-state index contributed by atoms with van der Waals surface area (Å²) in [5.41, 5.74) is 1.24. The van der Waals surface area contributed by atoms with Crippen LogP contribution in [-0.2, 0) is 9.59 Å². The summed E-state index contributed by atoms with van der Waals surface area (Å²) in [6, 6.07) is 13.7. The highest BCUT2D eigenvalue weighted by molar-refractivity contribution is 6.46. The second-order valence-electron chi connectivity index (χ2n) is 9.13. The van der Waals surface area contributed by atoms with Crippen molar-refractivity contribution in [3.8, 4) is 11.5 Å². The van der Waals surface area contributed by atoms with Gasteiger partial charge in [-0.25, -0.2) is 0 Å². The Balaban J connectivity index is 2.02. The molecule has 2 aromatic carbocycles. The SMILES string of the molecule is CCCCCOc1ccc(/C(O)=C2/C(=O)C(=O)N(CCCC)C2c2ccccc2OC(C)C)cc1. The minimum absolute atomic E-state index is 0.0843. The summed E-state index contributed by atoms with van der Waals surface area (Å²) in [6.45, 7) is 9.09. The standard InChI is InChI=1S/C29H37NO5/c1-5-7-11-19-34-22-16-14-21(15-17-22)27(31)25-26(30(18-8-6-2)29(33)28(25)32)23-12-9-10-13-24(23)35-20(3)4/h9-10,12-17,20,26,31H,5-8,11,18-19H2,1-4H3/b27-25-. The molecule has 0 aliphatic carbocycles. The van der Waals surface area contributed by atoms with E-state index in [0.717, 1.165) is 32.1 Å². The maximum absolute atomic E-state index is 13.2. The summed E-state index contributed by atoms with van der Waals surface area (Å²) in [5.74, 6) is -0.168. The third kappa shape index (κ3) is 6.24. The van der Waals surface area contributed by atoms with Crippen LogP contribution in [-0.4, -0.2) is 41.0 Å². The zero-order valence-electron chi connectivity index (χ0n) is 21.3. The minimum atomic E-state index is -0.721. The molecule has 1 amide bonds. The number of benzene rings is 2. The maximum Gasteiger partial charge on any atom is 0.295 e. The van der Waals surface area contributed by atoms with E-state index in [2.05, 4.69) is 6.92 Å². The molecule has 188 valence electrons. The number of aliphatic hydroxyl groups excluding tert-OH is 1. The van der Waals surface area contributed by atoms with E-state index in [1.54, 1.807) is 29.2 Å². The van der Waals surface area contributed by atoms with Crippen molar-refractivity contribution in [2.75, 3.05) is 13.2 Å². The van der Waals surface area contributed by atoms with Gasteiger partial charge in [0.25, 0.3) is 11.7 Å². The van der Waals surface area contributed by atoms with E-state index in [4.69, 9.17) is 9.47 Å². The fraction of sp³-hybridized carbons (Fsp3) is 0.448. The van der Waals surface area contributed by atoms with Crippen molar-refractivity contribution in [3.63, 3.8) is 0 Å². The Labute approximate surface area is 208 Å². The van der Waals surface area contributed by atoms with E-state index >= 15 is 0 Å². The van der Waals surface area contributed by atoms with Gasteiger partial charge in [-0.15, -0.1) is 0 Å². The number of hydrogen-bond acceptors (Lipinski definition) is 5. The number of ether oxygens (including phenoxy) is 2. The van der Waals surface area contributed by atoms with E-state index in [1.807, 2.05) is 45.0 Å². The van der Waals surface area contributed by atoms with Crippen molar-refractivity contribution in [2.24, 2.45) is 0 Å². The summed E-state index contributed by atoms with van der Waals surface area (Å²) in [6.07, 6.45) is 4.76. The van der Waals surface area contributed by atoms with Crippen molar-refractivity contribution < 1.29 is 24.2 Å². The summed E-state index contributed by atoms with van der Waals surface area (Å²) >= 11 is 0. The highest BCUT2D eigenvalue weighted by atomic mass is 16.5. The van der Waals surface area contributed by atoms with Crippen molar-refractivity contribution in [1.29, 1.82) is 0 Å². The predicted octanol–water partition coefficient (Wildman–Crippen LogP) is 6.26. The monoisotopic (exact) mass is 479 g/mol. The molecule has 1 saturated heterocycles. The predicted molar refractivity (Wildman–Crippen MR) is 138 cm³/mol. The molecule has 0 aromatic heterocycles. The number of para-hydroxylation sites is 1. The van der Waals surface area contributed by atoms with Crippen LogP contribution in [0.1, 0.15) is 77.0 Å². The van der Waals surface area contributed by atoms with Gasteiger partial charge in [0.2, 0.25) is 0 Å². The molecule has 35 heavy (non-hydrogen) atoms. The third-order valence-corrected chi connectivity index (χ3v) is 6.01. The number of nitrogens with zero attached hydrogens (tertiary/aromatic N) is 1. The van der Waals surface area contributed by atoms with Gasteiger partial charge in [-0.3, -0.25) is 9.59 Å². The Hall–Kier alpha value is -3.28. The zero-order chi connectivity index (χ0) is 25.4. The number of hydrogen-bond donors (Lipinski definition) is 1. The highest BCUT2D eigenvalue weighted by Gasteiger charge is 2.46. The first-order valence-electron chi connectivity index (χ1n) is 12.7. The van der Waals surface area contributed by atoms with Gasteiger partial charge in [-0.05, 0) is 57.0 Å². The average Bonchev–Trinajstić information content (AvgIpc) is 3.10. The van der Waals surface area contributed by atoms with Gasteiger partial charge < -0.3 is 19.5 Å². The molecule has 1 atom stereocenters. The van der Waals surface area contributed by atoms with Crippen LogP contribution in [0.2, 0.25) is 0 Å². The quantitative estimate of drug-likeness (QED) is 0.168. The molecule has 0 bridgehead atoms. The lowest BCUT2D eigenvalue weighted by Gasteiger charge is -2.27. The summed E-state index contributed by atoms with van der Waals surface area (Å²) in [7, 11) is 0. The van der Waals surface area contributed by atoms with E-state index in [0.29, 0.717) is 35.8 Å². The maximum atomic E-state index is 13.2. The molecule has 1 unspecified atom stereocenters. The largest absolute Gasteiger partial charge is 0.507 e. The Morgan fingerprint density at radius 1 is 0.971 bits per heavy atom. The lowest BCUT2D eigenvalue weighted by Crippen LogP contribution is -2.31. The zero-order valence-corrected chi connectivity index (χ0v) is 21.3. The van der Waals surface area contributed by atoms with Crippen LogP contribution in [0.3, 0.4) is 0 Å². The Morgan fingerprint density at radius 3 is 2.31 bits per heavy atom. The first-order chi connectivity index (χ1) is 16.9. The number of amides is 1. The lowest BCUT2D eigenvalue weighted by molar-refractivity contribution is -0.139. The second-order valence-corrected chi connectivity index (χ2v) is 9.13. The molecule has 3 rings (SSSR count). The number of likely N-dealkylation sites (tertiary alicyclic amines) is 1. The van der Waals surface area contributed by atoms with E-state index in [-0.39, 0.29) is 17.4 Å². The molecule has 6 heteroatoms. The third-order valence-electron chi connectivity index (χ3n) is 6.01. The van der Waals surface area contributed by atoms with E-state index in [9.17, 15) is 14.7 Å². The van der Waals surface area contributed by atoms with Crippen LogP contribution in [0.15, 0.2) is 54.1 Å². The molecule has 1 aliphatic heterocycles. The van der Waals surface area contributed by atoms with Crippen LogP contribution >= 0.6 is 0 Å². The second kappa shape index (κ2) is 12.4. The number of Topliss-reactive ketones (excluding diaryl/α,β-unsaturated/α-hetero) is 1. The molecule has 1 N–H and O–H groups in total. The fourth-order valence-electron chi connectivity index (χ4n) is 4.24. The summed E-state index contributed by atoms with van der Waals surface area (Å²) in [4.78, 5) is 27.8. The summed E-state index contributed by atoms with van der Waals surface area (Å²) in [5, 5.41) is 11.3. The molecule has 0 radical (unpaired) electrons. The number of carbonyl (C=O) groups excluding carboxylic acids is 2. The Morgan fingerprint density at radius 2 is 1.66 bits per heavy atom. The average molecular weight is 480 g/mol. The van der Waals surface area contributed by atoms with Crippen LogP contribution in [0, 0.1) is 0 Å². The molecule has 0 spiro atoms. The molecular weight excluding hydrogens is 442 g/mol. The number of ketones is 1. The topological polar surface area (TPSA) is 76.1 Å². The fourth-order valence-corrected chi connectivity index (χ4v) is 4.24. The van der Waals surface area contributed by atoms with E-state index in [1.165, 1.54) is 0 Å².